The molecule has 1 atom stereocenters. The Morgan fingerprint density at radius 1 is 1.47 bits per heavy atom. The highest BCUT2D eigenvalue weighted by molar-refractivity contribution is 5.52. The van der Waals surface area contributed by atoms with Crippen LogP contribution in [0.3, 0.4) is 0 Å². The third-order valence-corrected chi connectivity index (χ3v) is 3.46. The van der Waals surface area contributed by atoms with E-state index in [1.54, 1.807) is 0 Å². The van der Waals surface area contributed by atoms with Crippen molar-refractivity contribution in [2.45, 2.75) is 46.1 Å². The third kappa shape index (κ3) is 3.35. The topological polar surface area (TPSA) is 37.0 Å². The summed E-state index contributed by atoms with van der Waals surface area (Å²) >= 11 is 0. The summed E-state index contributed by atoms with van der Waals surface area (Å²) in [4.78, 5) is 4.28. The molecule has 1 fully saturated rings. The number of aromatic nitrogens is 1. The zero-order valence-corrected chi connectivity index (χ0v) is 11.1. The number of nitrogens with one attached hydrogen (secondary N) is 2. The van der Waals surface area contributed by atoms with Gasteiger partial charge in [-0.2, -0.15) is 0 Å². The summed E-state index contributed by atoms with van der Waals surface area (Å²) in [5.41, 5.74) is 1.67. The van der Waals surface area contributed by atoms with Crippen LogP contribution in [0, 0.1) is 5.41 Å². The molecule has 0 bridgehead atoms. The van der Waals surface area contributed by atoms with Crippen LogP contribution in [0.5, 0.6) is 0 Å². The molecule has 0 radical (unpaired) electrons. The predicted molar refractivity (Wildman–Crippen MR) is 73.4 cm³/mol. The molecule has 94 valence electrons. The lowest BCUT2D eigenvalue weighted by Crippen LogP contribution is -2.17. The second-order valence-electron chi connectivity index (χ2n) is 5.71. The number of anilines is 2. The smallest absolute Gasteiger partial charge is 0.127 e. The molecule has 0 saturated heterocycles. The van der Waals surface area contributed by atoms with Crippen molar-refractivity contribution >= 4 is 11.5 Å². The van der Waals surface area contributed by atoms with Crippen LogP contribution in [0.15, 0.2) is 18.3 Å². The van der Waals surface area contributed by atoms with Crippen LogP contribution < -0.4 is 10.6 Å². The van der Waals surface area contributed by atoms with Gasteiger partial charge in [0.1, 0.15) is 5.82 Å². The van der Waals surface area contributed by atoms with Crippen LogP contribution in [-0.4, -0.2) is 17.6 Å². The highest BCUT2D eigenvalue weighted by Crippen LogP contribution is 2.38. The van der Waals surface area contributed by atoms with Crippen molar-refractivity contribution in [3.63, 3.8) is 0 Å². The van der Waals surface area contributed by atoms with Crippen molar-refractivity contribution in [1.29, 1.82) is 0 Å². The van der Waals surface area contributed by atoms with Crippen molar-refractivity contribution in [3.05, 3.63) is 18.3 Å². The van der Waals surface area contributed by atoms with Gasteiger partial charge in [-0.25, -0.2) is 4.98 Å². The molecule has 1 heterocycles. The molecular formula is C14H23N3. The second-order valence-corrected chi connectivity index (χ2v) is 5.71. The molecule has 1 unspecified atom stereocenters. The van der Waals surface area contributed by atoms with Gasteiger partial charge in [-0.05, 0) is 37.7 Å². The molecule has 2 N–H and O–H groups in total. The number of rotatable bonds is 4. The Morgan fingerprint density at radius 2 is 2.29 bits per heavy atom. The van der Waals surface area contributed by atoms with Crippen molar-refractivity contribution in [1.82, 2.24) is 4.98 Å². The number of nitrogens with zero attached hydrogens (tertiary/aromatic N) is 1. The van der Waals surface area contributed by atoms with Gasteiger partial charge in [0.2, 0.25) is 0 Å². The molecule has 0 aliphatic heterocycles. The Labute approximate surface area is 104 Å². The van der Waals surface area contributed by atoms with Crippen molar-refractivity contribution in [2.24, 2.45) is 5.41 Å². The highest BCUT2D eigenvalue weighted by atomic mass is 15.0. The highest BCUT2D eigenvalue weighted by Gasteiger charge is 2.30. The Hall–Kier alpha value is -1.25. The van der Waals surface area contributed by atoms with Crippen molar-refractivity contribution < 1.29 is 0 Å². The van der Waals surface area contributed by atoms with E-state index in [0.717, 1.165) is 12.4 Å². The summed E-state index contributed by atoms with van der Waals surface area (Å²) in [5.74, 6) is 0.953. The first-order chi connectivity index (χ1) is 8.09. The minimum absolute atomic E-state index is 0.495. The maximum absolute atomic E-state index is 4.28. The standard InChI is InChI=1S/C14H23N3/c1-4-15-13-9-11(6-8-16-13)17-12-5-7-14(2,3)10-12/h6,8-9,12H,4-5,7,10H2,1-3H3,(H2,15,16,17). The van der Waals surface area contributed by atoms with Gasteiger partial charge in [-0.15, -0.1) is 0 Å². The van der Waals surface area contributed by atoms with E-state index in [-0.39, 0.29) is 0 Å². The lowest BCUT2D eigenvalue weighted by atomic mass is 9.92. The normalized spacial score (nSPS) is 22.4. The molecule has 3 heteroatoms. The van der Waals surface area contributed by atoms with Gasteiger partial charge in [0.15, 0.2) is 0 Å². The van der Waals surface area contributed by atoms with E-state index in [4.69, 9.17) is 0 Å². The zero-order chi connectivity index (χ0) is 12.3. The molecule has 1 aliphatic carbocycles. The minimum Gasteiger partial charge on any atom is -0.382 e. The average molecular weight is 233 g/mol. The lowest BCUT2D eigenvalue weighted by Gasteiger charge is -2.18. The molecule has 17 heavy (non-hydrogen) atoms. The molecule has 1 saturated carbocycles. The van der Waals surface area contributed by atoms with Crippen LogP contribution in [0.4, 0.5) is 11.5 Å². The summed E-state index contributed by atoms with van der Waals surface area (Å²) < 4.78 is 0. The monoisotopic (exact) mass is 233 g/mol. The third-order valence-electron chi connectivity index (χ3n) is 3.46. The van der Waals surface area contributed by atoms with Crippen LogP contribution >= 0.6 is 0 Å². The van der Waals surface area contributed by atoms with E-state index in [2.05, 4.69) is 42.5 Å². The van der Waals surface area contributed by atoms with E-state index in [0.29, 0.717) is 11.5 Å². The Kier molecular flexibility index (Phi) is 3.55. The number of hydrogen-bond donors (Lipinski definition) is 2. The van der Waals surface area contributed by atoms with Gasteiger partial charge >= 0.3 is 0 Å². The van der Waals surface area contributed by atoms with Gasteiger partial charge in [0.05, 0.1) is 0 Å². The van der Waals surface area contributed by atoms with Gasteiger partial charge in [-0.1, -0.05) is 13.8 Å². The van der Waals surface area contributed by atoms with Gasteiger partial charge in [0, 0.05) is 30.5 Å². The van der Waals surface area contributed by atoms with E-state index < -0.39 is 0 Å². The van der Waals surface area contributed by atoms with Gasteiger partial charge in [-0.3, -0.25) is 0 Å². The second kappa shape index (κ2) is 4.94. The van der Waals surface area contributed by atoms with Crippen LogP contribution in [-0.2, 0) is 0 Å². The van der Waals surface area contributed by atoms with E-state index in [1.165, 1.54) is 24.9 Å². The summed E-state index contributed by atoms with van der Waals surface area (Å²) in [6.07, 6.45) is 5.70. The Balaban J connectivity index is 1.97. The molecule has 0 spiro atoms. The molecule has 2 rings (SSSR count). The number of pyridine rings is 1. The first kappa shape index (κ1) is 12.2. The largest absolute Gasteiger partial charge is 0.382 e. The van der Waals surface area contributed by atoms with Crippen molar-refractivity contribution in [2.75, 3.05) is 17.2 Å². The molecule has 1 aliphatic rings. The van der Waals surface area contributed by atoms with Crippen molar-refractivity contribution in [3.8, 4) is 0 Å². The minimum atomic E-state index is 0.495. The summed E-state index contributed by atoms with van der Waals surface area (Å²) in [5, 5.41) is 6.85. The fourth-order valence-electron chi connectivity index (χ4n) is 2.59. The molecule has 3 nitrogen and oxygen atoms in total. The first-order valence-corrected chi connectivity index (χ1v) is 6.55. The van der Waals surface area contributed by atoms with Crippen LogP contribution in [0.2, 0.25) is 0 Å². The first-order valence-electron chi connectivity index (χ1n) is 6.55. The fraction of sp³-hybridized carbons (Fsp3) is 0.643. The molecule has 0 aromatic carbocycles. The number of hydrogen-bond acceptors (Lipinski definition) is 3. The van der Waals surface area contributed by atoms with E-state index >= 15 is 0 Å². The van der Waals surface area contributed by atoms with Gasteiger partial charge in [0.25, 0.3) is 0 Å². The van der Waals surface area contributed by atoms with Crippen LogP contribution in [0.25, 0.3) is 0 Å². The van der Waals surface area contributed by atoms with Crippen LogP contribution in [0.1, 0.15) is 40.0 Å². The SMILES string of the molecule is CCNc1cc(NC2CCC(C)(C)C2)ccn1. The molecule has 1 aromatic heterocycles. The molecule has 1 aromatic rings. The fourth-order valence-corrected chi connectivity index (χ4v) is 2.59. The Bertz CT molecular complexity index is 373. The maximum Gasteiger partial charge on any atom is 0.127 e. The quantitative estimate of drug-likeness (QED) is 0.835. The summed E-state index contributed by atoms with van der Waals surface area (Å²) in [6.45, 7) is 7.70. The molecule has 0 amide bonds. The maximum atomic E-state index is 4.28. The zero-order valence-electron chi connectivity index (χ0n) is 11.1. The van der Waals surface area contributed by atoms with Gasteiger partial charge < -0.3 is 10.6 Å². The Morgan fingerprint density at radius 3 is 2.94 bits per heavy atom. The summed E-state index contributed by atoms with van der Waals surface area (Å²) in [6, 6.07) is 4.75. The lowest BCUT2D eigenvalue weighted by molar-refractivity contribution is 0.378. The van der Waals surface area contributed by atoms with E-state index in [9.17, 15) is 0 Å². The van der Waals surface area contributed by atoms with E-state index in [1.807, 2.05) is 12.3 Å². The average Bonchev–Trinajstić information content (AvgIpc) is 2.59. The predicted octanol–water partition coefficient (Wildman–Crippen LogP) is 3.50. The summed E-state index contributed by atoms with van der Waals surface area (Å²) in [7, 11) is 0. The molecular weight excluding hydrogens is 210 g/mol.